The molecule has 0 bridgehead atoms. The van der Waals surface area contributed by atoms with Crippen molar-refractivity contribution in [2.24, 2.45) is 4.99 Å². The molecule has 7 nitrogen and oxygen atoms in total. The molecule has 3 rings (SSSR count). The van der Waals surface area contributed by atoms with Gasteiger partial charge < -0.3 is 20.1 Å². The van der Waals surface area contributed by atoms with Crippen molar-refractivity contribution in [3.05, 3.63) is 71.0 Å². The van der Waals surface area contributed by atoms with Gasteiger partial charge in [0.2, 0.25) is 0 Å². The molecule has 2 aromatic carbocycles. The highest BCUT2D eigenvalue weighted by molar-refractivity contribution is 14.0. The molecule has 0 saturated heterocycles. The van der Waals surface area contributed by atoms with Crippen LogP contribution in [0.15, 0.2) is 53.5 Å². The highest BCUT2D eigenvalue weighted by Crippen LogP contribution is 2.27. The Labute approximate surface area is 213 Å². The number of halogens is 1. The minimum atomic E-state index is 0. The lowest BCUT2D eigenvalue weighted by Crippen LogP contribution is -2.38. The predicted octanol–water partition coefficient (Wildman–Crippen LogP) is 4.42. The number of nitrogens with zero attached hydrogens (tertiary/aromatic N) is 3. The maximum absolute atomic E-state index is 5.40. The van der Waals surface area contributed by atoms with Crippen LogP contribution in [0.5, 0.6) is 11.5 Å². The summed E-state index contributed by atoms with van der Waals surface area (Å²) in [6.07, 6.45) is 0.842. The van der Waals surface area contributed by atoms with Crippen LogP contribution in [0.2, 0.25) is 0 Å². The van der Waals surface area contributed by atoms with Gasteiger partial charge >= 0.3 is 0 Å². The molecule has 0 aliphatic carbocycles. The molecular formula is C25H34IN5O2. The lowest BCUT2D eigenvalue weighted by Gasteiger charge is -2.13. The van der Waals surface area contributed by atoms with E-state index in [1.807, 2.05) is 41.9 Å². The van der Waals surface area contributed by atoms with Crippen molar-refractivity contribution in [3.63, 3.8) is 0 Å². The van der Waals surface area contributed by atoms with Gasteiger partial charge in [0.1, 0.15) is 0 Å². The predicted molar refractivity (Wildman–Crippen MR) is 145 cm³/mol. The number of methoxy groups -OCH3 is 2. The van der Waals surface area contributed by atoms with Gasteiger partial charge in [-0.1, -0.05) is 24.3 Å². The average molecular weight is 563 g/mol. The van der Waals surface area contributed by atoms with Crippen LogP contribution in [0.3, 0.4) is 0 Å². The number of hydrogen-bond acceptors (Lipinski definition) is 4. The summed E-state index contributed by atoms with van der Waals surface area (Å²) < 4.78 is 12.7. The lowest BCUT2D eigenvalue weighted by molar-refractivity contribution is 0.354. The van der Waals surface area contributed by atoms with Crippen LogP contribution in [0.1, 0.15) is 29.4 Å². The molecule has 1 aromatic heterocycles. The zero-order chi connectivity index (χ0) is 22.9. The SMILES string of the molecule is CCNC(=NCc1c(C)nn(-c2ccccc2)c1C)NCCc1ccc(OC)c(OC)c1.I. The first-order valence-electron chi connectivity index (χ1n) is 10.9. The van der Waals surface area contributed by atoms with E-state index >= 15 is 0 Å². The van der Waals surface area contributed by atoms with E-state index in [0.29, 0.717) is 6.54 Å². The van der Waals surface area contributed by atoms with Gasteiger partial charge in [-0.05, 0) is 57.0 Å². The smallest absolute Gasteiger partial charge is 0.191 e. The van der Waals surface area contributed by atoms with E-state index in [4.69, 9.17) is 19.6 Å². The van der Waals surface area contributed by atoms with Crippen molar-refractivity contribution in [1.29, 1.82) is 0 Å². The molecule has 0 amide bonds. The van der Waals surface area contributed by atoms with Crippen molar-refractivity contribution in [1.82, 2.24) is 20.4 Å². The molecule has 8 heteroatoms. The van der Waals surface area contributed by atoms with E-state index in [1.165, 1.54) is 5.56 Å². The van der Waals surface area contributed by atoms with Crippen LogP contribution < -0.4 is 20.1 Å². The van der Waals surface area contributed by atoms with Crippen LogP contribution in [0.25, 0.3) is 5.69 Å². The Morgan fingerprint density at radius 2 is 1.73 bits per heavy atom. The van der Waals surface area contributed by atoms with E-state index in [0.717, 1.165) is 59.6 Å². The summed E-state index contributed by atoms with van der Waals surface area (Å²) in [5.74, 6) is 2.27. The summed E-state index contributed by atoms with van der Waals surface area (Å²) in [7, 11) is 3.30. The summed E-state index contributed by atoms with van der Waals surface area (Å²) in [6, 6.07) is 16.2. The third-order valence-corrected chi connectivity index (χ3v) is 5.34. The van der Waals surface area contributed by atoms with E-state index in [2.05, 4.69) is 42.7 Å². The molecule has 0 aliphatic rings. The maximum atomic E-state index is 5.40. The fourth-order valence-corrected chi connectivity index (χ4v) is 3.59. The van der Waals surface area contributed by atoms with Gasteiger partial charge in [-0.15, -0.1) is 24.0 Å². The van der Waals surface area contributed by atoms with E-state index in [1.54, 1.807) is 14.2 Å². The molecule has 0 fully saturated rings. The monoisotopic (exact) mass is 563 g/mol. The van der Waals surface area contributed by atoms with Gasteiger partial charge in [-0.2, -0.15) is 5.10 Å². The molecule has 0 saturated carbocycles. The van der Waals surface area contributed by atoms with Crippen LogP contribution in [-0.4, -0.2) is 43.0 Å². The van der Waals surface area contributed by atoms with Crippen LogP contribution in [0.4, 0.5) is 0 Å². The van der Waals surface area contributed by atoms with Gasteiger partial charge in [0, 0.05) is 24.3 Å². The maximum Gasteiger partial charge on any atom is 0.191 e. The largest absolute Gasteiger partial charge is 0.493 e. The quantitative estimate of drug-likeness (QED) is 0.229. The van der Waals surface area contributed by atoms with E-state index in [-0.39, 0.29) is 24.0 Å². The number of guanidine groups is 1. The van der Waals surface area contributed by atoms with Crippen molar-refractivity contribution < 1.29 is 9.47 Å². The molecule has 1 heterocycles. The summed E-state index contributed by atoms with van der Waals surface area (Å²) >= 11 is 0. The minimum absolute atomic E-state index is 0. The molecule has 3 aromatic rings. The normalized spacial score (nSPS) is 11.0. The molecular weight excluding hydrogens is 529 g/mol. The second kappa shape index (κ2) is 13.1. The zero-order valence-electron chi connectivity index (χ0n) is 20.0. The van der Waals surface area contributed by atoms with Gasteiger partial charge in [0.15, 0.2) is 17.5 Å². The number of aliphatic imine (C=N–C) groups is 1. The summed E-state index contributed by atoms with van der Waals surface area (Å²) in [5, 5.41) is 11.5. The number of aromatic nitrogens is 2. The Kier molecular flexibility index (Phi) is 10.5. The van der Waals surface area contributed by atoms with Crippen molar-refractivity contribution in [2.75, 3.05) is 27.3 Å². The van der Waals surface area contributed by atoms with Crippen LogP contribution in [-0.2, 0) is 13.0 Å². The zero-order valence-corrected chi connectivity index (χ0v) is 22.3. The second-order valence-electron chi connectivity index (χ2n) is 7.46. The highest BCUT2D eigenvalue weighted by Gasteiger charge is 2.12. The first kappa shape index (κ1) is 26.5. The third-order valence-electron chi connectivity index (χ3n) is 5.34. The topological polar surface area (TPSA) is 72.7 Å². The molecule has 0 aliphatic heterocycles. The van der Waals surface area contributed by atoms with Crippen molar-refractivity contribution in [2.45, 2.75) is 33.7 Å². The Morgan fingerprint density at radius 1 is 1.00 bits per heavy atom. The standard InChI is InChI=1S/C25H33N5O2.HI/c1-6-26-25(27-15-14-20-12-13-23(31-4)24(16-20)32-5)28-17-22-18(2)29-30(19(22)3)21-10-8-7-9-11-21;/h7-13,16H,6,14-15,17H2,1-5H3,(H2,26,27,28);1H. The molecule has 2 N–H and O–H groups in total. The Balaban J connectivity index is 0.00000385. The molecule has 178 valence electrons. The van der Waals surface area contributed by atoms with Gasteiger partial charge in [-0.25, -0.2) is 9.67 Å². The van der Waals surface area contributed by atoms with E-state index in [9.17, 15) is 0 Å². The second-order valence-corrected chi connectivity index (χ2v) is 7.46. The fourth-order valence-electron chi connectivity index (χ4n) is 3.59. The number of hydrogen-bond donors (Lipinski definition) is 2. The molecule has 33 heavy (non-hydrogen) atoms. The number of nitrogens with one attached hydrogen (secondary N) is 2. The van der Waals surface area contributed by atoms with Gasteiger partial charge in [-0.3, -0.25) is 0 Å². The Bertz CT molecular complexity index is 1050. The first-order chi connectivity index (χ1) is 15.6. The average Bonchev–Trinajstić information content (AvgIpc) is 3.11. The molecule has 0 spiro atoms. The van der Waals surface area contributed by atoms with Gasteiger partial charge in [0.25, 0.3) is 0 Å². The number of benzene rings is 2. The van der Waals surface area contributed by atoms with Gasteiger partial charge in [0.05, 0.1) is 32.1 Å². The van der Waals surface area contributed by atoms with Crippen LogP contribution >= 0.6 is 24.0 Å². The Hall–Kier alpha value is -2.75. The number of para-hydroxylation sites is 1. The third kappa shape index (κ3) is 6.86. The number of aryl methyl sites for hydroxylation is 1. The number of ether oxygens (including phenoxy) is 2. The van der Waals surface area contributed by atoms with Crippen LogP contribution in [0, 0.1) is 13.8 Å². The Morgan fingerprint density at radius 3 is 2.39 bits per heavy atom. The minimum Gasteiger partial charge on any atom is -0.493 e. The summed E-state index contributed by atoms with van der Waals surface area (Å²) in [4.78, 5) is 4.80. The molecule has 0 atom stereocenters. The highest BCUT2D eigenvalue weighted by atomic mass is 127. The number of rotatable bonds is 9. The fraction of sp³-hybridized carbons (Fsp3) is 0.360. The molecule has 0 radical (unpaired) electrons. The summed E-state index contributed by atoms with van der Waals surface area (Å²) in [5.41, 5.74) is 5.48. The summed E-state index contributed by atoms with van der Waals surface area (Å²) in [6.45, 7) is 8.31. The molecule has 0 unspecified atom stereocenters. The van der Waals surface area contributed by atoms with Crippen molar-refractivity contribution in [3.8, 4) is 17.2 Å². The first-order valence-corrected chi connectivity index (χ1v) is 10.9. The lowest BCUT2D eigenvalue weighted by atomic mass is 10.1. The van der Waals surface area contributed by atoms with E-state index < -0.39 is 0 Å². The van der Waals surface area contributed by atoms with Crippen molar-refractivity contribution >= 4 is 29.9 Å².